The highest BCUT2D eigenvalue weighted by Gasteiger charge is 2.35. The molecular formula is C28H24O6S. The summed E-state index contributed by atoms with van der Waals surface area (Å²) in [4.78, 5) is 37.6. The van der Waals surface area contributed by atoms with Crippen molar-refractivity contribution in [2.24, 2.45) is 0 Å². The lowest BCUT2D eigenvalue weighted by Gasteiger charge is -2.22. The fourth-order valence-corrected chi connectivity index (χ4v) is 6.56. The lowest BCUT2D eigenvalue weighted by Crippen LogP contribution is -2.21. The van der Waals surface area contributed by atoms with Crippen molar-refractivity contribution in [2.75, 3.05) is 6.61 Å². The van der Waals surface area contributed by atoms with E-state index >= 15 is 0 Å². The minimum absolute atomic E-state index is 0.00869. The molecular weight excluding hydrogens is 464 g/mol. The number of carbonyl (C=O) groups excluding carboxylic acids is 3. The Hall–Kier alpha value is -3.58. The summed E-state index contributed by atoms with van der Waals surface area (Å²) in [5.74, 6) is -1.06. The molecule has 0 bridgehead atoms. The van der Waals surface area contributed by atoms with Crippen LogP contribution in [0.25, 0.3) is 0 Å². The van der Waals surface area contributed by atoms with Crippen LogP contribution >= 0.6 is 0 Å². The fourth-order valence-electron chi connectivity index (χ4n) is 4.89. The molecule has 1 saturated carbocycles. The number of benzene rings is 3. The quantitative estimate of drug-likeness (QED) is 0.285. The second-order valence-electron chi connectivity index (χ2n) is 9.00. The maximum absolute atomic E-state index is 13.1. The number of ketones is 2. The summed E-state index contributed by atoms with van der Waals surface area (Å²) in [5.41, 5.74) is 1.75. The van der Waals surface area contributed by atoms with Crippen molar-refractivity contribution in [1.29, 1.82) is 0 Å². The van der Waals surface area contributed by atoms with Crippen molar-refractivity contribution in [2.45, 2.75) is 47.8 Å². The maximum Gasteiger partial charge on any atom is 0.338 e. The maximum atomic E-state index is 13.1. The third kappa shape index (κ3) is 4.32. The Morgan fingerprint density at radius 1 is 0.800 bits per heavy atom. The van der Waals surface area contributed by atoms with Gasteiger partial charge in [0.25, 0.3) is 0 Å². The summed E-state index contributed by atoms with van der Waals surface area (Å²) in [6.45, 7) is -0.465. The highest BCUT2D eigenvalue weighted by molar-refractivity contribution is 7.91. The van der Waals surface area contributed by atoms with Crippen LogP contribution in [0.2, 0.25) is 0 Å². The van der Waals surface area contributed by atoms with E-state index in [9.17, 15) is 22.8 Å². The van der Waals surface area contributed by atoms with Crippen LogP contribution in [0.4, 0.5) is 0 Å². The van der Waals surface area contributed by atoms with Crippen LogP contribution in [0.3, 0.4) is 0 Å². The Labute approximate surface area is 203 Å². The molecule has 2 aliphatic rings. The van der Waals surface area contributed by atoms with E-state index in [1.54, 1.807) is 24.3 Å². The predicted octanol–water partition coefficient (Wildman–Crippen LogP) is 5.15. The molecule has 3 aromatic carbocycles. The van der Waals surface area contributed by atoms with Crippen molar-refractivity contribution in [3.63, 3.8) is 0 Å². The van der Waals surface area contributed by atoms with Crippen LogP contribution in [0.15, 0.2) is 76.5 Å². The Balaban J connectivity index is 1.29. The van der Waals surface area contributed by atoms with Crippen LogP contribution in [-0.4, -0.2) is 32.6 Å². The van der Waals surface area contributed by atoms with Crippen molar-refractivity contribution in [3.05, 3.63) is 94.5 Å². The number of hydrogen-bond acceptors (Lipinski definition) is 6. The largest absolute Gasteiger partial charge is 0.454 e. The van der Waals surface area contributed by atoms with Crippen molar-refractivity contribution in [1.82, 2.24) is 0 Å². The summed E-state index contributed by atoms with van der Waals surface area (Å²) in [6, 6.07) is 17.2. The van der Waals surface area contributed by atoms with Crippen molar-refractivity contribution < 1.29 is 27.5 Å². The van der Waals surface area contributed by atoms with Gasteiger partial charge in [0.15, 0.2) is 18.2 Å². The van der Waals surface area contributed by atoms with E-state index in [0.717, 1.165) is 6.07 Å². The van der Waals surface area contributed by atoms with E-state index in [-0.39, 0.29) is 32.3 Å². The number of ether oxygens (including phenoxy) is 1. The lowest BCUT2D eigenvalue weighted by atomic mass is 9.84. The molecule has 1 heterocycles. The summed E-state index contributed by atoms with van der Waals surface area (Å²) < 4.78 is 31.3. The van der Waals surface area contributed by atoms with Gasteiger partial charge in [0.05, 0.1) is 15.4 Å². The van der Waals surface area contributed by atoms with E-state index in [1.165, 1.54) is 61.9 Å². The van der Waals surface area contributed by atoms with E-state index < -0.39 is 28.2 Å². The second-order valence-corrected chi connectivity index (χ2v) is 10.9. The standard InChI is InChI=1S/C28H24O6S/c29-24(20-12-10-19(11-13-20)18-6-2-1-3-7-18)17-34-28(31)21-14-15-23-26(16-21)35(32,33)25-9-5-4-8-22(25)27(23)30/h4-5,8-16,18H,1-3,6-7,17H2. The van der Waals surface area contributed by atoms with Crippen molar-refractivity contribution in [3.8, 4) is 0 Å². The van der Waals surface area contributed by atoms with Gasteiger partial charge in [-0.2, -0.15) is 0 Å². The van der Waals surface area contributed by atoms with E-state index in [2.05, 4.69) is 0 Å². The number of Topliss-reactive ketones (excluding diaryl/α,β-unsaturated/α-hetero) is 1. The molecule has 3 aromatic rings. The zero-order valence-electron chi connectivity index (χ0n) is 19.0. The third-order valence-electron chi connectivity index (χ3n) is 6.82. The molecule has 5 rings (SSSR count). The van der Waals surface area contributed by atoms with Gasteiger partial charge in [-0.3, -0.25) is 9.59 Å². The molecule has 178 valence electrons. The number of rotatable bonds is 5. The van der Waals surface area contributed by atoms with E-state index in [0.29, 0.717) is 11.5 Å². The predicted molar refractivity (Wildman–Crippen MR) is 129 cm³/mol. The Morgan fingerprint density at radius 3 is 2.20 bits per heavy atom. The molecule has 7 heteroatoms. The summed E-state index contributed by atoms with van der Waals surface area (Å²) in [7, 11) is -3.97. The first-order valence-electron chi connectivity index (χ1n) is 11.7. The van der Waals surface area contributed by atoms with Gasteiger partial charge in [0, 0.05) is 16.7 Å². The van der Waals surface area contributed by atoms with Gasteiger partial charge in [-0.25, -0.2) is 13.2 Å². The van der Waals surface area contributed by atoms with Gasteiger partial charge >= 0.3 is 5.97 Å². The molecule has 1 aliphatic carbocycles. The number of carbonyl (C=O) groups is 3. The van der Waals surface area contributed by atoms with Gasteiger partial charge in [-0.05, 0) is 54.7 Å². The lowest BCUT2D eigenvalue weighted by molar-refractivity contribution is 0.0474. The molecule has 0 radical (unpaired) electrons. The van der Waals surface area contributed by atoms with Crippen LogP contribution in [0.5, 0.6) is 0 Å². The molecule has 0 amide bonds. The normalized spacial score (nSPS) is 16.7. The molecule has 0 unspecified atom stereocenters. The van der Waals surface area contributed by atoms with E-state index in [4.69, 9.17) is 4.74 Å². The number of esters is 1. The number of hydrogen-bond donors (Lipinski definition) is 0. The summed E-state index contributed by atoms with van der Waals surface area (Å²) >= 11 is 0. The highest BCUT2D eigenvalue weighted by atomic mass is 32.2. The van der Waals surface area contributed by atoms with Gasteiger partial charge in [-0.1, -0.05) is 55.7 Å². The van der Waals surface area contributed by atoms with E-state index in [1.807, 2.05) is 12.1 Å². The SMILES string of the molecule is O=C(COC(=O)c1ccc2c(c1)S(=O)(=O)c1ccccc1C2=O)c1ccc(C2CCCCC2)cc1. The smallest absolute Gasteiger partial charge is 0.338 e. The molecule has 1 aliphatic heterocycles. The fraction of sp³-hybridized carbons (Fsp3) is 0.250. The molecule has 35 heavy (non-hydrogen) atoms. The van der Waals surface area contributed by atoms with Gasteiger partial charge in [0.1, 0.15) is 0 Å². The molecule has 0 atom stereocenters. The third-order valence-corrected chi connectivity index (χ3v) is 8.67. The average Bonchev–Trinajstić information content (AvgIpc) is 2.90. The number of fused-ring (bicyclic) bond motifs is 2. The second kappa shape index (κ2) is 9.23. The average molecular weight is 489 g/mol. The van der Waals surface area contributed by atoms with Gasteiger partial charge < -0.3 is 4.74 Å². The highest BCUT2D eigenvalue weighted by Crippen LogP contribution is 2.35. The minimum Gasteiger partial charge on any atom is -0.454 e. The monoisotopic (exact) mass is 488 g/mol. The van der Waals surface area contributed by atoms with Crippen LogP contribution in [-0.2, 0) is 14.6 Å². The first-order chi connectivity index (χ1) is 16.9. The van der Waals surface area contributed by atoms with Gasteiger partial charge in [0.2, 0.25) is 9.84 Å². The van der Waals surface area contributed by atoms with Crippen LogP contribution in [0.1, 0.15) is 80.2 Å². The molecule has 6 nitrogen and oxygen atoms in total. The minimum atomic E-state index is -3.97. The Kier molecular flexibility index (Phi) is 6.11. The molecule has 1 fully saturated rings. The molecule has 0 aromatic heterocycles. The van der Waals surface area contributed by atoms with Crippen molar-refractivity contribution >= 4 is 27.4 Å². The topological polar surface area (TPSA) is 94.6 Å². The molecule has 0 N–H and O–H groups in total. The zero-order chi connectivity index (χ0) is 24.6. The first kappa shape index (κ1) is 23.2. The molecule has 0 spiro atoms. The first-order valence-corrected chi connectivity index (χ1v) is 13.2. The zero-order valence-corrected chi connectivity index (χ0v) is 19.8. The summed E-state index contributed by atoms with van der Waals surface area (Å²) in [6.07, 6.45) is 6.06. The summed E-state index contributed by atoms with van der Waals surface area (Å²) in [5, 5.41) is 0. The Bertz CT molecular complexity index is 1430. The Morgan fingerprint density at radius 2 is 1.46 bits per heavy atom. The molecule has 0 saturated heterocycles. The van der Waals surface area contributed by atoms with Gasteiger partial charge in [-0.15, -0.1) is 0 Å². The van der Waals surface area contributed by atoms with Crippen LogP contribution in [0, 0.1) is 0 Å². The number of sulfone groups is 1. The van der Waals surface area contributed by atoms with Crippen LogP contribution < -0.4 is 0 Å².